The van der Waals surface area contributed by atoms with Crippen molar-refractivity contribution in [3.05, 3.63) is 0 Å². The van der Waals surface area contributed by atoms with E-state index in [1.54, 1.807) is 7.11 Å². The molecule has 0 aliphatic carbocycles. The van der Waals surface area contributed by atoms with E-state index in [0.717, 1.165) is 26.1 Å². The van der Waals surface area contributed by atoms with Crippen molar-refractivity contribution in [2.45, 2.75) is 32.3 Å². The largest absolute Gasteiger partial charge is 0.381 e. The van der Waals surface area contributed by atoms with Gasteiger partial charge in [0.15, 0.2) is 0 Å². The minimum absolute atomic E-state index is 0.161. The summed E-state index contributed by atoms with van der Waals surface area (Å²) < 4.78 is 10.9. The summed E-state index contributed by atoms with van der Waals surface area (Å²) in [5.41, 5.74) is 5.72. The molecular weight excluding hydrogens is 166 g/mol. The van der Waals surface area contributed by atoms with Crippen LogP contribution in [-0.4, -0.2) is 32.5 Å². The fraction of sp³-hybridized carbons (Fsp3) is 1.00. The van der Waals surface area contributed by atoms with Gasteiger partial charge < -0.3 is 15.2 Å². The highest BCUT2D eigenvalue weighted by molar-refractivity contribution is 4.96. The minimum atomic E-state index is -0.212. The summed E-state index contributed by atoms with van der Waals surface area (Å²) in [7, 11) is 1.74. The maximum absolute atomic E-state index is 5.77. The monoisotopic (exact) mass is 187 g/mol. The van der Waals surface area contributed by atoms with Crippen LogP contribution in [0.3, 0.4) is 0 Å². The molecule has 1 fully saturated rings. The fourth-order valence-corrected chi connectivity index (χ4v) is 1.93. The van der Waals surface area contributed by atoms with Crippen LogP contribution in [-0.2, 0) is 9.47 Å². The number of hydrogen-bond donors (Lipinski definition) is 1. The highest BCUT2D eigenvalue weighted by Gasteiger charge is 2.44. The molecule has 1 saturated heterocycles. The van der Waals surface area contributed by atoms with Crippen LogP contribution in [0.25, 0.3) is 0 Å². The Bertz CT molecular complexity index is 160. The van der Waals surface area contributed by atoms with E-state index in [2.05, 4.69) is 13.8 Å². The summed E-state index contributed by atoms with van der Waals surface area (Å²) in [6.07, 6.45) is 2.07. The van der Waals surface area contributed by atoms with Gasteiger partial charge >= 0.3 is 0 Å². The van der Waals surface area contributed by atoms with Crippen molar-refractivity contribution in [3.63, 3.8) is 0 Å². The zero-order valence-corrected chi connectivity index (χ0v) is 8.93. The van der Waals surface area contributed by atoms with Crippen LogP contribution in [0.1, 0.15) is 26.7 Å². The molecule has 0 spiro atoms. The molecule has 13 heavy (non-hydrogen) atoms. The number of nitrogens with two attached hydrogens (primary N) is 1. The van der Waals surface area contributed by atoms with Crippen molar-refractivity contribution in [1.29, 1.82) is 0 Å². The summed E-state index contributed by atoms with van der Waals surface area (Å²) in [5.74, 6) is 0. The molecule has 3 heteroatoms. The van der Waals surface area contributed by atoms with E-state index in [0.29, 0.717) is 6.54 Å². The molecule has 0 radical (unpaired) electrons. The molecule has 0 bridgehead atoms. The van der Waals surface area contributed by atoms with E-state index in [1.165, 1.54) is 0 Å². The fourth-order valence-electron chi connectivity index (χ4n) is 1.93. The maximum atomic E-state index is 5.77. The topological polar surface area (TPSA) is 44.5 Å². The van der Waals surface area contributed by atoms with Gasteiger partial charge in [-0.3, -0.25) is 0 Å². The van der Waals surface area contributed by atoms with E-state index < -0.39 is 0 Å². The Morgan fingerprint density at radius 3 is 2.38 bits per heavy atom. The lowest BCUT2D eigenvalue weighted by atomic mass is 9.69. The molecule has 1 heterocycles. The van der Waals surface area contributed by atoms with Gasteiger partial charge in [0.25, 0.3) is 0 Å². The van der Waals surface area contributed by atoms with Crippen LogP contribution in [0, 0.1) is 5.41 Å². The third-order valence-corrected chi connectivity index (χ3v) is 3.71. The lowest BCUT2D eigenvalue weighted by molar-refractivity contribution is -0.128. The Morgan fingerprint density at radius 1 is 1.46 bits per heavy atom. The first-order valence-electron chi connectivity index (χ1n) is 4.91. The third-order valence-electron chi connectivity index (χ3n) is 3.71. The van der Waals surface area contributed by atoms with Gasteiger partial charge in [-0.25, -0.2) is 0 Å². The van der Waals surface area contributed by atoms with Crippen LogP contribution < -0.4 is 5.73 Å². The Hall–Kier alpha value is -0.120. The summed E-state index contributed by atoms with van der Waals surface area (Å²) in [6.45, 7) is 6.56. The molecule has 1 aliphatic heterocycles. The average molecular weight is 187 g/mol. The van der Waals surface area contributed by atoms with Gasteiger partial charge in [0, 0.05) is 32.3 Å². The predicted molar refractivity (Wildman–Crippen MR) is 52.6 cm³/mol. The van der Waals surface area contributed by atoms with Crippen molar-refractivity contribution in [3.8, 4) is 0 Å². The molecule has 0 amide bonds. The Labute approximate surface area is 80.6 Å². The second-order valence-corrected chi connectivity index (χ2v) is 4.31. The SMILES string of the molecule is COC(C)(CN)C1(C)CCOCC1. The van der Waals surface area contributed by atoms with E-state index in [4.69, 9.17) is 15.2 Å². The third kappa shape index (κ3) is 1.87. The predicted octanol–water partition coefficient (Wildman–Crippen LogP) is 1.17. The molecule has 1 aliphatic rings. The second kappa shape index (κ2) is 3.95. The number of rotatable bonds is 3. The average Bonchev–Trinajstić information content (AvgIpc) is 2.17. The maximum Gasteiger partial charge on any atom is 0.0827 e. The zero-order valence-electron chi connectivity index (χ0n) is 8.93. The van der Waals surface area contributed by atoms with Crippen molar-refractivity contribution in [1.82, 2.24) is 0 Å². The van der Waals surface area contributed by atoms with Gasteiger partial charge in [-0.05, 0) is 19.8 Å². The van der Waals surface area contributed by atoms with Crippen LogP contribution in [0.15, 0.2) is 0 Å². The molecule has 2 N–H and O–H groups in total. The molecule has 3 nitrogen and oxygen atoms in total. The van der Waals surface area contributed by atoms with Crippen molar-refractivity contribution < 1.29 is 9.47 Å². The molecule has 78 valence electrons. The Kier molecular flexibility index (Phi) is 3.33. The van der Waals surface area contributed by atoms with E-state index >= 15 is 0 Å². The second-order valence-electron chi connectivity index (χ2n) is 4.31. The van der Waals surface area contributed by atoms with Crippen LogP contribution >= 0.6 is 0 Å². The van der Waals surface area contributed by atoms with Crippen molar-refractivity contribution in [2.24, 2.45) is 11.1 Å². The Morgan fingerprint density at radius 2 is 2.00 bits per heavy atom. The van der Waals surface area contributed by atoms with Crippen molar-refractivity contribution >= 4 is 0 Å². The molecule has 0 saturated carbocycles. The zero-order chi connectivity index (χ0) is 9.95. The number of methoxy groups -OCH3 is 1. The lowest BCUT2D eigenvalue weighted by Crippen LogP contribution is -2.53. The molecule has 1 unspecified atom stereocenters. The van der Waals surface area contributed by atoms with E-state index in [1.807, 2.05) is 0 Å². The highest BCUT2D eigenvalue weighted by atomic mass is 16.5. The molecule has 1 rings (SSSR count). The summed E-state index contributed by atoms with van der Waals surface area (Å²) >= 11 is 0. The molecule has 0 aromatic rings. The molecule has 0 aromatic carbocycles. The van der Waals surface area contributed by atoms with E-state index in [9.17, 15) is 0 Å². The van der Waals surface area contributed by atoms with Crippen LogP contribution in [0.4, 0.5) is 0 Å². The van der Waals surface area contributed by atoms with Crippen LogP contribution in [0.5, 0.6) is 0 Å². The number of hydrogen-bond acceptors (Lipinski definition) is 3. The van der Waals surface area contributed by atoms with Gasteiger partial charge in [0.05, 0.1) is 5.60 Å². The Balaban J connectivity index is 2.74. The molecule has 0 aromatic heterocycles. The first-order chi connectivity index (χ1) is 6.08. The quantitative estimate of drug-likeness (QED) is 0.721. The van der Waals surface area contributed by atoms with Gasteiger partial charge in [-0.2, -0.15) is 0 Å². The first-order valence-corrected chi connectivity index (χ1v) is 4.91. The first kappa shape index (κ1) is 11.0. The minimum Gasteiger partial charge on any atom is -0.381 e. The lowest BCUT2D eigenvalue weighted by Gasteiger charge is -2.47. The van der Waals surface area contributed by atoms with Gasteiger partial charge in [-0.1, -0.05) is 6.92 Å². The molecular formula is C10H21NO2. The smallest absolute Gasteiger partial charge is 0.0827 e. The van der Waals surface area contributed by atoms with Crippen LogP contribution in [0.2, 0.25) is 0 Å². The summed E-state index contributed by atoms with van der Waals surface area (Å²) in [4.78, 5) is 0. The van der Waals surface area contributed by atoms with Crippen molar-refractivity contribution in [2.75, 3.05) is 26.9 Å². The molecule has 1 atom stereocenters. The van der Waals surface area contributed by atoms with Gasteiger partial charge in [0.2, 0.25) is 0 Å². The number of ether oxygens (including phenoxy) is 2. The van der Waals surface area contributed by atoms with E-state index in [-0.39, 0.29) is 11.0 Å². The highest BCUT2D eigenvalue weighted by Crippen LogP contribution is 2.41. The summed E-state index contributed by atoms with van der Waals surface area (Å²) in [5, 5.41) is 0. The standard InChI is InChI=1S/C10H21NO2/c1-9(4-6-13-7-5-9)10(2,8-11)12-3/h4-8,11H2,1-3H3. The summed E-state index contributed by atoms with van der Waals surface area (Å²) in [6, 6.07) is 0. The van der Waals surface area contributed by atoms with Gasteiger partial charge in [-0.15, -0.1) is 0 Å². The normalized spacial score (nSPS) is 26.8. The van der Waals surface area contributed by atoms with Gasteiger partial charge in [0.1, 0.15) is 0 Å².